The number of amides is 1. The molecule has 4 rings (SSSR count). The SMILES string of the molecule is O=C(/C=C/c1cnc(N[C@]2(C(=O)c3ccccc3Cl)CCNC2)c(Cl)c1)NOC1CCCCO1. The third kappa shape index (κ3) is 5.95. The number of hydrogen-bond acceptors (Lipinski definition) is 7. The number of ketones is 1. The molecule has 2 atom stereocenters. The molecule has 1 unspecified atom stereocenters. The number of nitrogens with zero attached hydrogens (tertiary/aromatic N) is 1. The summed E-state index contributed by atoms with van der Waals surface area (Å²) < 4.78 is 5.40. The van der Waals surface area contributed by atoms with Crippen LogP contribution in [0.25, 0.3) is 6.08 Å². The molecule has 10 heteroatoms. The standard InChI is InChI=1S/C24H26Cl2N4O4/c25-18-6-2-1-5-17(18)22(32)24(10-11-27-15-24)29-23-19(26)13-16(14-28-23)8-9-20(31)30-34-21-7-3-4-12-33-21/h1-2,5-6,8-9,13-14,21,27H,3-4,7,10-12,15H2,(H,28,29)(H,30,31)/b9-8+/t21?,24-/m1/s1. The van der Waals surface area contributed by atoms with Crippen LogP contribution in [0.15, 0.2) is 42.6 Å². The largest absolute Gasteiger partial charge is 0.355 e. The smallest absolute Gasteiger partial charge is 0.267 e. The molecule has 2 aromatic rings. The Bertz CT molecular complexity index is 1070. The van der Waals surface area contributed by atoms with Crippen LogP contribution in [0.2, 0.25) is 10.0 Å². The zero-order valence-corrected chi connectivity index (χ0v) is 20.0. The lowest BCUT2D eigenvalue weighted by molar-refractivity contribution is -0.198. The van der Waals surface area contributed by atoms with E-state index in [1.807, 2.05) is 0 Å². The fraction of sp³-hybridized carbons (Fsp3) is 0.375. The van der Waals surface area contributed by atoms with Crippen LogP contribution in [0.1, 0.15) is 41.6 Å². The van der Waals surface area contributed by atoms with Gasteiger partial charge in [-0.25, -0.2) is 15.3 Å². The van der Waals surface area contributed by atoms with E-state index in [9.17, 15) is 9.59 Å². The number of carbonyl (C=O) groups is 2. The number of hydrogen-bond donors (Lipinski definition) is 3. The average molecular weight is 505 g/mol. The van der Waals surface area contributed by atoms with Gasteiger partial charge in [0, 0.05) is 37.4 Å². The molecule has 2 aliphatic heterocycles. The summed E-state index contributed by atoms with van der Waals surface area (Å²) in [6.07, 6.45) is 7.35. The molecular weight excluding hydrogens is 479 g/mol. The molecule has 2 fully saturated rings. The van der Waals surface area contributed by atoms with Crippen molar-refractivity contribution < 1.29 is 19.2 Å². The number of rotatable bonds is 8. The van der Waals surface area contributed by atoms with E-state index in [-0.39, 0.29) is 5.78 Å². The van der Waals surface area contributed by atoms with Crippen molar-refractivity contribution in [2.24, 2.45) is 0 Å². The number of hydroxylamine groups is 1. The minimum absolute atomic E-state index is 0.122. The van der Waals surface area contributed by atoms with Crippen LogP contribution in [0.5, 0.6) is 0 Å². The Hall–Kier alpha value is -2.49. The molecule has 1 aromatic heterocycles. The fourth-order valence-corrected chi connectivity index (χ4v) is 4.39. The molecule has 8 nitrogen and oxygen atoms in total. The van der Waals surface area contributed by atoms with Gasteiger partial charge in [0.25, 0.3) is 5.91 Å². The quantitative estimate of drug-likeness (QED) is 0.283. The van der Waals surface area contributed by atoms with E-state index in [1.165, 1.54) is 6.08 Å². The number of carbonyl (C=O) groups excluding carboxylic acids is 2. The third-order valence-corrected chi connectivity index (χ3v) is 6.40. The van der Waals surface area contributed by atoms with Gasteiger partial charge in [-0.05, 0) is 55.6 Å². The van der Waals surface area contributed by atoms with Crippen molar-refractivity contribution in [1.29, 1.82) is 0 Å². The number of ether oxygens (including phenoxy) is 1. The van der Waals surface area contributed by atoms with Crippen molar-refractivity contribution in [3.05, 3.63) is 63.8 Å². The van der Waals surface area contributed by atoms with Crippen LogP contribution in [0.3, 0.4) is 0 Å². The van der Waals surface area contributed by atoms with Crippen molar-refractivity contribution in [3.8, 4) is 0 Å². The summed E-state index contributed by atoms with van der Waals surface area (Å²) in [4.78, 5) is 35.1. The van der Waals surface area contributed by atoms with Gasteiger partial charge in [-0.2, -0.15) is 0 Å². The first-order valence-electron chi connectivity index (χ1n) is 11.2. The predicted molar refractivity (Wildman–Crippen MR) is 131 cm³/mol. The first-order valence-corrected chi connectivity index (χ1v) is 11.9. The summed E-state index contributed by atoms with van der Waals surface area (Å²) in [5.41, 5.74) is 2.51. The number of aromatic nitrogens is 1. The van der Waals surface area contributed by atoms with Gasteiger partial charge >= 0.3 is 0 Å². The number of nitrogens with one attached hydrogen (secondary N) is 3. The third-order valence-electron chi connectivity index (χ3n) is 5.78. The second-order valence-corrected chi connectivity index (χ2v) is 9.07. The molecule has 0 bridgehead atoms. The van der Waals surface area contributed by atoms with E-state index in [4.69, 9.17) is 32.8 Å². The maximum Gasteiger partial charge on any atom is 0.267 e. The highest BCUT2D eigenvalue weighted by atomic mass is 35.5. The molecule has 1 amide bonds. The normalized spacial score (nSPS) is 22.6. The molecule has 3 heterocycles. The molecular formula is C24H26Cl2N4O4. The fourth-order valence-electron chi connectivity index (χ4n) is 3.95. The summed E-state index contributed by atoms with van der Waals surface area (Å²) in [6, 6.07) is 8.64. The molecule has 0 spiro atoms. The molecule has 2 saturated heterocycles. The maximum atomic E-state index is 13.4. The van der Waals surface area contributed by atoms with Gasteiger partial charge in [-0.3, -0.25) is 9.59 Å². The summed E-state index contributed by atoms with van der Waals surface area (Å²) in [6.45, 7) is 1.72. The van der Waals surface area contributed by atoms with Crippen LogP contribution >= 0.6 is 23.2 Å². The van der Waals surface area contributed by atoms with Gasteiger partial charge in [0.1, 0.15) is 11.4 Å². The van der Waals surface area contributed by atoms with E-state index >= 15 is 0 Å². The summed E-state index contributed by atoms with van der Waals surface area (Å²) in [7, 11) is 0. The van der Waals surface area contributed by atoms with Gasteiger partial charge in [0.2, 0.25) is 0 Å². The van der Waals surface area contributed by atoms with Crippen molar-refractivity contribution in [1.82, 2.24) is 15.8 Å². The van der Waals surface area contributed by atoms with Crippen molar-refractivity contribution in [3.63, 3.8) is 0 Å². The molecule has 34 heavy (non-hydrogen) atoms. The minimum Gasteiger partial charge on any atom is -0.355 e. The molecule has 2 aliphatic rings. The Labute approximate surface area is 208 Å². The van der Waals surface area contributed by atoms with E-state index in [0.29, 0.717) is 53.1 Å². The highest BCUT2D eigenvalue weighted by Gasteiger charge is 2.42. The second-order valence-electron chi connectivity index (χ2n) is 8.26. The lowest BCUT2D eigenvalue weighted by Crippen LogP contribution is -2.48. The van der Waals surface area contributed by atoms with Crippen molar-refractivity contribution in [2.45, 2.75) is 37.5 Å². The van der Waals surface area contributed by atoms with E-state index in [0.717, 1.165) is 19.3 Å². The van der Waals surface area contributed by atoms with Gasteiger partial charge < -0.3 is 15.4 Å². The monoisotopic (exact) mass is 504 g/mol. The highest BCUT2D eigenvalue weighted by molar-refractivity contribution is 6.35. The predicted octanol–water partition coefficient (Wildman–Crippen LogP) is 4.00. The molecule has 0 aliphatic carbocycles. The zero-order valence-electron chi connectivity index (χ0n) is 18.5. The molecule has 3 N–H and O–H groups in total. The van der Waals surface area contributed by atoms with E-state index in [1.54, 1.807) is 42.6 Å². The van der Waals surface area contributed by atoms with Crippen LogP contribution in [0.4, 0.5) is 5.82 Å². The van der Waals surface area contributed by atoms with Gasteiger partial charge in [0.05, 0.1) is 10.0 Å². The zero-order chi connectivity index (χ0) is 24.0. The van der Waals surface area contributed by atoms with Gasteiger partial charge in [-0.15, -0.1) is 0 Å². The topological polar surface area (TPSA) is 102 Å². The van der Waals surface area contributed by atoms with Crippen LogP contribution in [-0.4, -0.2) is 48.2 Å². The molecule has 1 aromatic carbocycles. The van der Waals surface area contributed by atoms with Crippen LogP contribution < -0.4 is 16.1 Å². The summed E-state index contributed by atoms with van der Waals surface area (Å²) >= 11 is 12.7. The van der Waals surface area contributed by atoms with Gasteiger partial charge in [0.15, 0.2) is 12.1 Å². The lowest BCUT2D eigenvalue weighted by Gasteiger charge is -2.29. The van der Waals surface area contributed by atoms with E-state index in [2.05, 4.69) is 21.1 Å². The van der Waals surface area contributed by atoms with Crippen molar-refractivity contribution >= 4 is 46.8 Å². The van der Waals surface area contributed by atoms with E-state index < -0.39 is 17.7 Å². The number of Topliss-reactive ketones (excluding diaryl/α,β-unsaturated/α-hetero) is 1. The van der Waals surface area contributed by atoms with Gasteiger partial charge in [-0.1, -0.05) is 35.3 Å². The first-order chi connectivity index (χ1) is 16.5. The summed E-state index contributed by atoms with van der Waals surface area (Å²) in [5.74, 6) is -0.164. The number of benzene rings is 1. The highest BCUT2D eigenvalue weighted by Crippen LogP contribution is 2.31. The van der Waals surface area contributed by atoms with Crippen LogP contribution in [-0.2, 0) is 14.4 Å². The number of anilines is 1. The molecule has 180 valence electrons. The molecule has 0 radical (unpaired) electrons. The molecule has 0 saturated carbocycles. The minimum atomic E-state index is -0.919. The Kier molecular flexibility index (Phi) is 8.18. The van der Waals surface area contributed by atoms with Crippen molar-refractivity contribution in [2.75, 3.05) is 25.0 Å². The Morgan fingerprint density at radius 3 is 2.79 bits per heavy atom. The Balaban J connectivity index is 1.41. The maximum absolute atomic E-state index is 13.4. The average Bonchev–Trinajstić information content (AvgIpc) is 3.33. The summed E-state index contributed by atoms with van der Waals surface area (Å²) in [5, 5.41) is 7.20. The van der Waals surface area contributed by atoms with Crippen LogP contribution in [0, 0.1) is 0 Å². The number of halogens is 2. The Morgan fingerprint density at radius 2 is 2.09 bits per heavy atom. The second kappa shape index (κ2) is 11.3. The first kappa shape index (κ1) is 24.6. The lowest BCUT2D eigenvalue weighted by atomic mass is 9.88. The number of pyridine rings is 1. The Morgan fingerprint density at radius 1 is 1.24 bits per heavy atom.